The Morgan fingerprint density at radius 3 is 2.84 bits per heavy atom. The Balaban J connectivity index is 2.23. The normalized spacial score (nSPS) is 10.2. The van der Waals surface area contributed by atoms with Gasteiger partial charge in [-0.1, -0.05) is 18.2 Å². The molecule has 0 bridgehead atoms. The van der Waals surface area contributed by atoms with Gasteiger partial charge in [-0.3, -0.25) is 9.59 Å². The van der Waals surface area contributed by atoms with Gasteiger partial charge in [-0.05, 0) is 12.1 Å². The van der Waals surface area contributed by atoms with Crippen molar-refractivity contribution in [1.29, 1.82) is 0 Å². The van der Waals surface area contributed by atoms with Crippen LogP contribution in [0, 0.1) is 5.82 Å². The number of esters is 1. The van der Waals surface area contributed by atoms with Gasteiger partial charge in [0, 0.05) is 5.39 Å². The Hall–Kier alpha value is -2.50. The molecule has 0 saturated heterocycles. The molecule has 19 heavy (non-hydrogen) atoms. The minimum atomic E-state index is -0.569. The Morgan fingerprint density at radius 1 is 1.32 bits per heavy atom. The molecule has 0 atom stereocenters. The van der Waals surface area contributed by atoms with Crippen LogP contribution in [0.5, 0.6) is 0 Å². The van der Waals surface area contributed by atoms with Gasteiger partial charge in [0.25, 0.3) is 5.91 Å². The molecule has 0 spiro atoms. The van der Waals surface area contributed by atoms with E-state index in [0.29, 0.717) is 5.39 Å². The number of nitrogens with one attached hydrogen (secondary N) is 1. The minimum Gasteiger partial charge on any atom is -0.468 e. The van der Waals surface area contributed by atoms with Crippen LogP contribution in [-0.4, -0.2) is 30.5 Å². The first-order valence-corrected chi connectivity index (χ1v) is 5.52. The van der Waals surface area contributed by atoms with Crippen LogP contribution in [0.3, 0.4) is 0 Å². The molecule has 1 amide bonds. The Labute approximate surface area is 108 Å². The van der Waals surface area contributed by atoms with Crippen molar-refractivity contribution in [1.82, 2.24) is 10.3 Å². The monoisotopic (exact) mass is 262 g/mol. The maximum absolute atomic E-state index is 13.5. The lowest BCUT2D eigenvalue weighted by Crippen LogP contribution is -2.30. The molecule has 0 radical (unpaired) electrons. The Kier molecular flexibility index (Phi) is 3.70. The second kappa shape index (κ2) is 5.43. The van der Waals surface area contributed by atoms with E-state index in [1.54, 1.807) is 18.2 Å². The maximum Gasteiger partial charge on any atom is 0.325 e. The summed E-state index contributed by atoms with van der Waals surface area (Å²) in [6.45, 7) is -0.258. The summed E-state index contributed by atoms with van der Waals surface area (Å²) in [5.74, 6) is -1.63. The van der Waals surface area contributed by atoms with Crippen molar-refractivity contribution in [2.24, 2.45) is 0 Å². The van der Waals surface area contributed by atoms with Crippen LogP contribution in [0.25, 0.3) is 10.9 Å². The summed E-state index contributed by atoms with van der Waals surface area (Å²) >= 11 is 0. The number of nitrogens with zero attached hydrogens (tertiary/aromatic N) is 1. The van der Waals surface area contributed by atoms with Gasteiger partial charge in [0.05, 0.1) is 7.11 Å². The molecule has 1 heterocycles. The first kappa shape index (κ1) is 12.9. The largest absolute Gasteiger partial charge is 0.468 e. The summed E-state index contributed by atoms with van der Waals surface area (Å²) in [6, 6.07) is 7.59. The summed E-state index contributed by atoms with van der Waals surface area (Å²) in [5, 5.41) is 2.94. The number of para-hydroxylation sites is 1. The summed E-state index contributed by atoms with van der Waals surface area (Å²) < 4.78 is 17.9. The summed E-state index contributed by atoms with van der Waals surface area (Å²) in [6.07, 6.45) is 0. The maximum atomic E-state index is 13.5. The number of pyridine rings is 1. The third kappa shape index (κ3) is 2.85. The Morgan fingerprint density at radius 2 is 2.11 bits per heavy atom. The van der Waals surface area contributed by atoms with Crippen molar-refractivity contribution in [2.45, 2.75) is 0 Å². The van der Waals surface area contributed by atoms with Crippen LogP contribution in [0.4, 0.5) is 4.39 Å². The first-order valence-electron chi connectivity index (χ1n) is 5.52. The highest BCUT2D eigenvalue weighted by Crippen LogP contribution is 2.15. The molecule has 5 nitrogen and oxygen atoms in total. The van der Waals surface area contributed by atoms with Gasteiger partial charge in [-0.15, -0.1) is 0 Å². The van der Waals surface area contributed by atoms with Crippen LogP contribution in [0.1, 0.15) is 10.5 Å². The number of hydrogen-bond acceptors (Lipinski definition) is 4. The highest BCUT2D eigenvalue weighted by molar-refractivity contribution is 5.96. The number of amides is 1. The predicted octanol–water partition coefficient (Wildman–Crippen LogP) is 1.28. The fraction of sp³-hybridized carbons (Fsp3) is 0.154. The molecule has 1 N–H and O–H groups in total. The zero-order valence-corrected chi connectivity index (χ0v) is 10.1. The SMILES string of the molecule is COC(=O)CNC(=O)c1ccc2cccc(F)c2n1. The molecule has 2 rings (SSSR count). The summed E-state index contributed by atoms with van der Waals surface area (Å²) in [4.78, 5) is 26.6. The summed E-state index contributed by atoms with van der Waals surface area (Å²) in [5.41, 5.74) is 0.162. The third-order valence-electron chi connectivity index (χ3n) is 2.52. The number of ether oxygens (including phenoxy) is 1. The van der Waals surface area contributed by atoms with Crippen molar-refractivity contribution in [3.8, 4) is 0 Å². The van der Waals surface area contributed by atoms with Crippen LogP contribution < -0.4 is 5.32 Å². The van der Waals surface area contributed by atoms with E-state index < -0.39 is 17.7 Å². The van der Waals surface area contributed by atoms with E-state index in [-0.39, 0.29) is 17.8 Å². The fourth-order valence-corrected chi connectivity index (χ4v) is 1.55. The van der Waals surface area contributed by atoms with E-state index in [0.717, 1.165) is 0 Å². The van der Waals surface area contributed by atoms with E-state index in [1.165, 1.54) is 19.2 Å². The van der Waals surface area contributed by atoms with Gasteiger partial charge in [0.15, 0.2) is 0 Å². The van der Waals surface area contributed by atoms with Crippen molar-refractivity contribution in [3.05, 3.63) is 41.8 Å². The van der Waals surface area contributed by atoms with E-state index in [9.17, 15) is 14.0 Å². The van der Waals surface area contributed by atoms with Gasteiger partial charge in [0.1, 0.15) is 23.6 Å². The number of methoxy groups -OCH3 is 1. The fourth-order valence-electron chi connectivity index (χ4n) is 1.55. The Bertz CT molecular complexity index is 643. The molecule has 0 aliphatic heterocycles. The number of aromatic nitrogens is 1. The average Bonchev–Trinajstić information content (AvgIpc) is 2.44. The molecular weight excluding hydrogens is 251 g/mol. The molecule has 0 unspecified atom stereocenters. The smallest absolute Gasteiger partial charge is 0.325 e. The van der Waals surface area contributed by atoms with Crippen molar-refractivity contribution >= 4 is 22.8 Å². The van der Waals surface area contributed by atoms with Crippen LogP contribution in [-0.2, 0) is 9.53 Å². The van der Waals surface area contributed by atoms with Crippen LogP contribution >= 0.6 is 0 Å². The molecule has 1 aromatic carbocycles. The van der Waals surface area contributed by atoms with Gasteiger partial charge in [0.2, 0.25) is 0 Å². The molecule has 0 saturated carbocycles. The number of hydrogen-bond donors (Lipinski definition) is 1. The number of carbonyl (C=O) groups excluding carboxylic acids is 2. The second-order valence-corrected chi connectivity index (χ2v) is 3.77. The molecule has 6 heteroatoms. The highest BCUT2D eigenvalue weighted by atomic mass is 19.1. The van der Waals surface area contributed by atoms with Gasteiger partial charge >= 0.3 is 5.97 Å². The molecule has 98 valence electrons. The third-order valence-corrected chi connectivity index (χ3v) is 2.52. The number of fused-ring (bicyclic) bond motifs is 1. The molecule has 2 aromatic rings. The molecule has 0 fully saturated rings. The highest BCUT2D eigenvalue weighted by Gasteiger charge is 2.11. The lowest BCUT2D eigenvalue weighted by atomic mass is 10.2. The zero-order chi connectivity index (χ0) is 13.8. The lowest BCUT2D eigenvalue weighted by Gasteiger charge is -2.05. The van der Waals surface area contributed by atoms with Crippen LogP contribution in [0.2, 0.25) is 0 Å². The molecule has 0 aliphatic carbocycles. The van der Waals surface area contributed by atoms with Gasteiger partial charge in [-0.25, -0.2) is 9.37 Å². The number of benzene rings is 1. The van der Waals surface area contributed by atoms with Crippen molar-refractivity contribution in [3.63, 3.8) is 0 Å². The van der Waals surface area contributed by atoms with Gasteiger partial charge < -0.3 is 10.1 Å². The number of rotatable bonds is 3. The van der Waals surface area contributed by atoms with E-state index in [2.05, 4.69) is 15.0 Å². The lowest BCUT2D eigenvalue weighted by molar-refractivity contribution is -0.139. The van der Waals surface area contributed by atoms with Crippen LogP contribution in [0.15, 0.2) is 30.3 Å². The molecule has 0 aliphatic rings. The van der Waals surface area contributed by atoms with E-state index in [4.69, 9.17) is 0 Å². The quantitative estimate of drug-likeness (QED) is 0.846. The zero-order valence-electron chi connectivity index (χ0n) is 10.1. The topological polar surface area (TPSA) is 68.3 Å². The van der Waals surface area contributed by atoms with Crippen molar-refractivity contribution < 1.29 is 18.7 Å². The first-order chi connectivity index (χ1) is 9.11. The van der Waals surface area contributed by atoms with E-state index >= 15 is 0 Å². The average molecular weight is 262 g/mol. The minimum absolute atomic E-state index is 0.0431. The summed E-state index contributed by atoms with van der Waals surface area (Å²) in [7, 11) is 1.22. The molecular formula is C13H11FN2O3. The van der Waals surface area contributed by atoms with Gasteiger partial charge in [-0.2, -0.15) is 0 Å². The number of halogens is 1. The second-order valence-electron chi connectivity index (χ2n) is 3.77. The number of carbonyl (C=O) groups is 2. The predicted molar refractivity (Wildman–Crippen MR) is 66.1 cm³/mol. The standard InChI is InChI=1S/C13H11FN2O3/c1-19-11(17)7-15-13(18)10-6-5-8-3-2-4-9(14)12(8)16-10/h2-6H,7H2,1H3,(H,15,18). The van der Waals surface area contributed by atoms with E-state index in [1.807, 2.05) is 0 Å². The molecule has 1 aromatic heterocycles. The van der Waals surface area contributed by atoms with Crippen molar-refractivity contribution in [2.75, 3.05) is 13.7 Å².